The van der Waals surface area contributed by atoms with Crippen LogP contribution in [-0.2, 0) is 6.42 Å². The van der Waals surface area contributed by atoms with Crippen LogP contribution in [0.4, 0.5) is 0 Å². The standard InChI is InChI=1S/C26H30O5/c1-15(2)10-11-17(16(3)4)12-19-21(28)13-24(30-5)25-22(29)14-23(31-26(19)25)18-8-6-7-9-20(18)27/h6-10,13,17,23,27-28H,3,11-12,14H2,1-2,4-5H3/t17?,23-/m0/s1. The second-order valence-electron chi connectivity index (χ2n) is 8.34. The van der Waals surface area contributed by atoms with Gasteiger partial charge in [0.1, 0.15) is 34.7 Å². The summed E-state index contributed by atoms with van der Waals surface area (Å²) in [7, 11) is 1.46. The number of aromatic hydroxyl groups is 2. The van der Waals surface area contributed by atoms with Crippen LogP contribution in [0.1, 0.15) is 61.2 Å². The number of hydrogen-bond donors (Lipinski definition) is 2. The van der Waals surface area contributed by atoms with Crippen LogP contribution >= 0.6 is 0 Å². The van der Waals surface area contributed by atoms with Crippen LogP contribution in [0, 0.1) is 5.92 Å². The largest absolute Gasteiger partial charge is 0.508 e. The highest BCUT2D eigenvalue weighted by atomic mass is 16.5. The molecular weight excluding hydrogens is 392 g/mol. The van der Waals surface area contributed by atoms with Gasteiger partial charge < -0.3 is 19.7 Å². The Morgan fingerprint density at radius 3 is 2.58 bits per heavy atom. The highest BCUT2D eigenvalue weighted by molar-refractivity contribution is 6.03. The first-order chi connectivity index (χ1) is 14.7. The van der Waals surface area contributed by atoms with Crippen LogP contribution in [0.5, 0.6) is 23.0 Å². The number of allylic oxidation sites excluding steroid dienone is 3. The Bertz CT molecular complexity index is 1030. The maximum Gasteiger partial charge on any atom is 0.174 e. The third-order valence-corrected chi connectivity index (χ3v) is 5.70. The molecule has 2 N–H and O–H groups in total. The van der Waals surface area contributed by atoms with E-state index in [2.05, 4.69) is 12.7 Å². The summed E-state index contributed by atoms with van der Waals surface area (Å²) >= 11 is 0. The smallest absolute Gasteiger partial charge is 0.174 e. The van der Waals surface area contributed by atoms with Gasteiger partial charge in [-0.1, -0.05) is 42.0 Å². The predicted octanol–water partition coefficient (Wildman–Crippen LogP) is 5.90. The van der Waals surface area contributed by atoms with Gasteiger partial charge in [-0.15, -0.1) is 0 Å². The monoisotopic (exact) mass is 422 g/mol. The summed E-state index contributed by atoms with van der Waals surface area (Å²) in [6.07, 6.45) is 2.82. The van der Waals surface area contributed by atoms with E-state index in [1.807, 2.05) is 20.8 Å². The fourth-order valence-corrected chi connectivity index (χ4v) is 3.89. The van der Waals surface area contributed by atoms with Gasteiger partial charge in [-0.3, -0.25) is 4.79 Å². The molecule has 1 aliphatic heterocycles. The molecule has 1 heterocycles. The Hall–Kier alpha value is -3.21. The number of benzene rings is 2. The molecule has 0 saturated carbocycles. The molecule has 0 fully saturated rings. The van der Waals surface area contributed by atoms with Gasteiger partial charge in [0, 0.05) is 17.2 Å². The topological polar surface area (TPSA) is 76.0 Å². The number of methoxy groups -OCH3 is 1. The molecule has 1 aliphatic rings. The van der Waals surface area contributed by atoms with E-state index in [0.717, 1.165) is 12.0 Å². The molecule has 0 aliphatic carbocycles. The zero-order valence-corrected chi connectivity index (χ0v) is 18.6. The summed E-state index contributed by atoms with van der Waals surface area (Å²) in [5.74, 6) is 0.620. The molecule has 0 aromatic heterocycles. The Kier molecular flexibility index (Phi) is 6.74. The lowest BCUT2D eigenvalue weighted by molar-refractivity contribution is 0.0838. The van der Waals surface area contributed by atoms with Gasteiger partial charge in [0.15, 0.2) is 5.78 Å². The summed E-state index contributed by atoms with van der Waals surface area (Å²) < 4.78 is 11.6. The summed E-state index contributed by atoms with van der Waals surface area (Å²) in [5.41, 5.74) is 3.62. The molecule has 0 amide bonds. The quantitative estimate of drug-likeness (QED) is 0.543. The maximum absolute atomic E-state index is 13.1. The van der Waals surface area contributed by atoms with Crippen molar-refractivity contribution in [2.24, 2.45) is 5.92 Å². The SMILES string of the molecule is C=C(C)C(CC=C(C)C)Cc1c(O)cc(OC)c2c1O[C@H](c1ccccc1O)CC2=O. The van der Waals surface area contributed by atoms with E-state index in [4.69, 9.17) is 9.47 Å². The molecule has 0 saturated heterocycles. The van der Waals surface area contributed by atoms with Crippen molar-refractivity contribution in [2.45, 2.75) is 46.1 Å². The van der Waals surface area contributed by atoms with E-state index in [0.29, 0.717) is 28.9 Å². The molecule has 0 spiro atoms. The average Bonchev–Trinajstić information content (AvgIpc) is 2.71. The van der Waals surface area contributed by atoms with Crippen molar-refractivity contribution in [1.29, 1.82) is 0 Å². The van der Waals surface area contributed by atoms with E-state index in [-0.39, 0.29) is 35.4 Å². The van der Waals surface area contributed by atoms with E-state index in [1.165, 1.54) is 18.7 Å². The van der Waals surface area contributed by atoms with Gasteiger partial charge >= 0.3 is 0 Å². The minimum Gasteiger partial charge on any atom is -0.508 e. The lowest BCUT2D eigenvalue weighted by Crippen LogP contribution is -2.23. The van der Waals surface area contributed by atoms with E-state index in [9.17, 15) is 15.0 Å². The number of rotatable bonds is 7. The van der Waals surface area contributed by atoms with Crippen molar-refractivity contribution in [3.8, 4) is 23.0 Å². The second-order valence-corrected chi connectivity index (χ2v) is 8.34. The van der Waals surface area contributed by atoms with E-state index in [1.54, 1.807) is 24.3 Å². The number of para-hydroxylation sites is 1. The highest BCUT2D eigenvalue weighted by Crippen LogP contribution is 2.47. The van der Waals surface area contributed by atoms with Crippen molar-refractivity contribution in [3.05, 3.63) is 70.8 Å². The van der Waals surface area contributed by atoms with Crippen LogP contribution in [-0.4, -0.2) is 23.1 Å². The Morgan fingerprint density at radius 1 is 1.26 bits per heavy atom. The number of hydrogen-bond acceptors (Lipinski definition) is 5. The zero-order chi connectivity index (χ0) is 22.7. The first kappa shape index (κ1) is 22.5. The maximum atomic E-state index is 13.1. The lowest BCUT2D eigenvalue weighted by Gasteiger charge is -2.30. The predicted molar refractivity (Wildman–Crippen MR) is 121 cm³/mol. The number of fused-ring (bicyclic) bond motifs is 1. The van der Waals surface area contributed by atoms with Crippen LogP contribution in [0.15, 0.2) is 54.1 Å². The van der Waals surface area contributed by atoms with Crippen molar-refractivity contribution in [1.82, 2.24) is 0 Å². The van der Waals surface area contributed by atoms with Gasteiger partial charge in [-0.05, 0) is 45.6 Å². The van der Waals surface area contributed by atoms with Gasteiger partial charge in [0.2, 0.25) is 0 Å². The molecule has 1 unspecified atom stereocenters. The summed E-state index contributed by atoms with van der Waals surface area (Å²) in [6.45, 7) is 10.2. The molecule has 2 aromatic carbocycles. The van der Waals surface area contributed by atoms with Gasteiger partial charge in [-0.25, -0.2) is 0 Å². The lowest BCUT2D eigenvalue weighted by atomic mass is 9.86. The summed E-state index contributed by atoms with van der Waals surface area (Å²) in [6, 6.07) is 8.30. The Morgan fingerprint density at radius 2 is 1.97 bits per heavy atom. The molecule has 2 aromatic rings. The molecule has 5 nitrogen and oxygen atoms in total. The molecule has 3 rings (SSSR count). The molecule has 0 radical (unpaired) electrons. The van der Waals surface area contributed by atoms with Crippen molar-refractivity contribution in [2.75, 3.05) is 7.11 Å². The van der Waals surface area contributed by atoms with Crippen LogP contribution in [0.3, 0.4) is 0 Å². The third kappa shape index (κ3) is 4.76. The second kappa shape index (κ2) is 9.29. The molecule has 5 heteroatoms. The Labute approximate surface area is 183 Å². The number of phenols is 2. The Balaban J connectivity index is 2.09. The summed E-state index contributed by atoms with van der Waals surface area (Å²) in [4.78, 5) is 13.1. The van der Waals surface area contributed by atoms with Gasteiger partial charge in [0.25, 0.3) is 0 Å². The van der Waals surface area contributed by atoms with Crippen LogP contribution < -0.4 is 9.47 Å². The summed E-state index contributed by atoms with van der Waals surface area (Å²) in [5, 5.41) is 21.1. The normalized spacial score (nSPS) is 16.1. The van der Waals surface area contributed by atoms with E-state index < -0.39 is 6.10 Å². The number of phenolic OH excluding ortho intramolecular Hbond substituents is 2. The zero-order valence-electron chi connectivity index (χ0n) is 18.6. The number of Topliss-reactive ketones (excluding diaryl/α,β-unsaturated/α-hetero) is 1. The minimum atomic E-state index is -0.646. The van der Waals surface area contributed by atoms with Crippen LogP contribution in [0.2, 0.25) is 0 Å². The van der Waals surface area contributed by atoms with Gasteiger partial charge in [0.05, 0.1) is 13.5 Å². The van der Waals surface area contributed by atoms with Crippen molar-refractivity contribution >= 4 is 5.78 Å². The molecule has 164 valence electrons. The average molecular weight is 423 g/mol. The molecule has 0 bridgehead atoms. The number of carbonyl (C=O) groups is 1. The van der Waals surface area contributed by atoms with Crippen LogP contribution in [0.25, 0.3) is 0 Å². The number of ketones is 1. The fourth-order valence-electron chi connectivity index (χ4n) is 3.89. The fraction of sp³-hybridized carbons (Fsp3) is 0.346. The molecular formula is C26H30O5. The number of carbonyl (C=O) groups excluding carboxylic acids is 1. The highest BCUT2D eigenvalue weighted by Gasteiger charge is 2.35. The molecule has 31 heavy (non-hydrogen) atoms. The van der Waals surface area contributed by atoms with Gasteiger partial charge in [-0.2, -0.15) is 0 Å². The minimum absolute atomic E-state index is 0.0183. The van der Waals surface area contributed by atoms with Crippen molar-refractivity contribution in [3.63, 3.8) is 0 Å². The molecule has 2 atom stereocenters. The number of ether oxygens (including phenoxy) is 2. The van der Waals surface area contributed by atoms with E-state index >= 15 is 0 Å². The first-order valence-corrected chi connectivity index (χ1v) is 10.4. The third-order valence-electron chi connectivity index (χ3n) is 5.70. The first-order valence-electron chi connectivity index (χ1n) is 10.4. The van der Waals surface area contributed by atoms with Crippen molar-refractivity contribution < 1.29 is 24.5 Å².